The topological polar surface area (TPSA) is 38.8 Å². The first kappa shape index (κ1) is 18.4. The number of hydrogen-bond acceptors (Lipinski definition) is 3. The maximum Gasteiger partial charge on any atom is 0.222 e. The van der Waals surface area contributed by atoms with Crippen molar-refractivity contribution in [3.63, 3.8) is 0 Å². The molecule has 3 rings (SSSR count). The normalized spacial score (nSPS) is 23.0. The van der Waals surface area contributed by atoms with Crippen LogP contribution in [-0.4, -0.2) is 50.8 Å². The molecule has 1 aromatic carbocycles. The van der Waals surface area contributed by atoms with Crippen molar-refractivity contribution in [2.75, 3.05) is 40.0 Å². The molecular formula is C21H31NO3. The second-order valence-corrected chi connectivity index (χ2v) is 7.65. The van der Waals surface area contributed by atoms with E-state index in [1.807, 2.05) is 0 Å². The minimum atomic E-state index is 0.299. The molecule has 0 bridgehead atoms. The minimum absolute atomic E-state index is 0.299. The van der Waals surface area contributed by atoms with Crippen LogP contribution in [0.5, 0.6) is 0 Å². The van der Waals surface area contributed by atoms with Crippen LogP contribution in [0.1, 0.15) is 36.8 Å². The highest BCUT2D eigenvalue weighted by Gasteiger charge is 2.43. The summed E-state index contributed by atoms with van der Waals surface area (Å²) < 4.78 is 11.1. The molecule has 138 valence electrons. The lowest BCUT2D eigenvalue weighted by Crippen LogP contribution is -2.50. The van der Waals surface area contributed by atoms with Crippen LogP contribution in [0, 0.1) is 18.3 Å². The highest BCUT2D eigenvalue weighted by molar-refractivity contribution is 5.76. The van der Waals surface area contributed by atoms with Gasteiger partial charge in [0.15, 0.2) is 0 Å². The number of carbonyl (C=O) groups excluding carboxylic acids is 1. The van der Waals surface area contributed by atoms with Gasteiger partial charge in [-0.25, -0.2) is 0 Å². The monoisotopic (exact) mass is 345 g/mol. The molecule has 0 radical (unpaired) electrons. The molecular weight excluding hydrogens is 314 g/mol. The van der Waals surface area contributed by atoms with Gasteiger partial charge in [-0.05, 0) is 49.1 Å². The lowest BCUT2D eigenvalue weighted by atomic mass is 9.66. The van der Waals surface area contributed by atoms with Crippen molar-refractivity contribution in [1.29, 1.82) is 0 Å². The Morgan fingerprint density at radius 1 is 1.28 bits per heavy atom. The number of rotatable bonds is 5. The highest BCUT2D eigenvalue weighted by Crippen LogP contribution is 2.44. The van der Waals surface area contributed by atoms with Crippen molar-refractivity contribution >= 4 is 5.91 Å². The van der Waals surface area contributed by atoms with Crippen LogP contribution in [0.15, 0.2) is 24.3 Å². The number of likely N-dealkylation sites (tertiary alicyclic amines) is 1. The second-order valence-electron chi connectivity index (χ2n) is 7.65. The zero-order valence-electron chi connectivity index (χ0n) is 15.6. The molecule has 0 aliphatic carbocycles. The summed E-state index contributed by atoms with van der Waals surface area (Å²) in [6, 6.07) is 8.35. The molecule has 1 amide bonds. The molecule has 2 aliphatic rings. The molecule has 0 aromatic heterocycles. The number of ether oxygens (including phenoxy) is 2. The van der Waals surface area contributed by atoms with Gasteiger partial charge in [-0.1, -0.05) is 24.3 Å². The zero-order valence-corrected chi connectivity index (χ0v) is 15.6. The molecule has 25 heavy (non-hydrogen) atoms. The maximum atomic E-state index is 12.6. The molecule has 2 saturated heterocycles. The molecule has 1 spiro atoms. The largest absolute Gasteiger partial charge is 0.384 e. The minimum Gasteiger partial charge on any atom is -0.384 e. The Bertz CT molecular complexity index is 576. The number of piperidine rings is 1. The third-order valence-electron chi connectivity index (χ3n) is 6.28. The van der Waals surface area contributed by atoms with Gasteiger partial charge in [0.1, 0.15) is 0 Å². The molecule has 2 heterocycles. The van der Waals surface area contributed by atoms with Gasteiger partial charge in [0, 0.05) is 39.1 Å². The number of hydrogen-bond donors (Lipinski definition) is 0. The van der Waals surface area contributed by atoms with Crippen molar-refractivity contribution in [3.05, 3.63) is 35.4 Å². The first-order valence-electron chi connectivity index (χ1n) is 9.53. The van der Waals surface area contributed by atoms with Gasteiger partial charge >= 0.3 is 0 Å². The Morgan fingerprint density at radius 2 is 2.04 bits per heavy atom. The van der Waals surface area contributed by atoms with Gasteiger partial charge in [-0.2, -0.15) is 0 Å². The molecule has 0 unspecified atom stereocenters. The quantitative estimate of drug-likeness (QED) is 0.822. The summed E-state index contributed by atoms with van der Waals surface area (Å²) in [6.45, 7) is 6.29. The van der Waals surface area contributed by atoms with E-state index in [2.05, 4.69) is 36.1 Å². The number of carbonyl (C=O) groups is 1. The molecule has 4 nitrogen and oxygen atoms in total. The fourth-order valence-corrected chi connectivity index (χ4v) is 4.46. The Morgan fingerprint density at radius 3 is 2.76 bits per heavy atom. The van der Waals surface area contributed by atoms with Gasteiger partial charge in [0.05, 0.1) is 13.2 Å². The lowest BCUT2D eigenvalue weighted by molar-refractivity contribution is -0.138. The first-order valence-corrected chi connectivity index (χ1v) is 9.53. The lowest BCUT2D eigenvalue weighted by Gasteiger charge is -2.49. The van der Waals surface area contributed by atoms with E-state index < -0.39 is 0 Å². The number of aryl methyl sites for hydroxylation is 2. The summed E-state index contributed by atoms with van der Waals surface area (Å²) in [5.41, 5.74) is 2.87. The predicted octanol–water partition coefficient (Wildman–Crippen LogP) is 3.22. The van der Waals surface area contributed by atoms with Gasteiger partial charge in [0.2, 0.25) is 5.91 Å². The van der Waals surface area contributed by atoms with Gasteiger partial charge < -0.3 is 14.4 Å². The number of nitrogens with zero attached hydrogens (tertiary/aromatic N) is 1. The summed E-state index contributed by atoms with van der Waals surface area (Å²) in [6.07, 6.45) is 4.73. The summed E-state index contributed by atoms with van der Waals surface area (Å²) >= 11 is 0. The van der Waals surface area contributed by atoms with E-state index >= 15 is 0 Å². The summed E-state index contributed by atoms with van der Waals surface area (Å²) in [5, 5.41) is 0. The maximum absolute atomic E-state index is 12.6. The van der Waals surface area contributed by atoms with Crippen LogP contribution in [0.3, 0.4) is 0 Å². The summed E-state index contributed by atoms with van der Waals surface area (Å²) in [5.74, 6) is 0.768. The zero-order chi connectivity index (χ0) is 17.7. The number of amides is 1. The Kier molecular flexibility index (Phi) is 6.13. The number of benzene rings is 1. The van der Waals surface area contributed by atoms with E-state index in [4.69, 9.17) is 9.47 Å². The summed E-state index contributed by atoms with van der Waals surface area (Å²) in [4.78, 5) is 14.7. The van der Waals surface area contributed by atoms with Crippen LogP contribution in [-0.2, 0) is 20.7 Å². The van der Waals surface area contributed by atoms with Gasteiger partial charge in [-0.15, -0.1) is 0 Å². The third kappa shape index (κ3) is 4.24. The van der Waals surface area contributed by atoms with E-state index in [0.717, 1.165) is 58.6 Å². The molecule has 1 aromatic rings. The van der Waals surface area contributed by atoms with Gasteiger partial charge in [0.25, 0.3) is 0 Å². The second kappa shape index (κ2) is 8.33. The predicted molar refractivity (Wildman–Crippen MR) is 98.5 cm³/mol. The molecule has 0 saturated carbocycles. The molecule has 2 aliphatic heterocycles. The molecule has 4 heteroatoms. The van der Waals surface area contributed by atoms with Crippen LogP contribution >= 0.6 is 0 Å². The van der Waals surface area contributed by atoms with Crippen LogP contribution in [0.4, 0.5) is 0 Å². The Labute approximate surface area is 151 Å². The highest BCUT2D eigenvalue weighted by atomic mass is 16.5. The Balaban J connectivity index is 1.53. The average molecular weight is 345 g/mol. The fraction of sp³-hybridized carbons (Fsp3) is 0.667. The SMILES string of the molecule is COC[C@@H]1COCCC12CCN(C(=O)CCc1ccccc1C)CC2. The van der Waals surface area contributed by atoms with Crippen molar-refractivity contribution < 1.29 is 14.3 Å². The van der Waals surface area contributed by atoms with E-state index in [-0.39, 0.29) is 0 Å². The van der Waals surface area contributed by atoms with Crippen molar-refractivity contribution in [1.82, 2.24) is 4.90 Å². The Hall–Kier alpha value is -1.39. The molecule has 2 fully saturated rings. The van der Waals surface area contributed by atoms with E-state index in [1.54, 1.807) is 7.11 Å². The van der Waals surface area contributed by atoms with Crippen LogP contribution in [0.2, 0.25) is 0 Å². The first-order chi connectivity index (χ1) is 12.1. The van der Waals surface area contributed by atoms with Crippen molar-refractivity contribution in [3.8, 4) is 0 Å². The van der Waals surface area contributed by atoms with Crippen LogP contribution in [0.25, 0.3) is 0 Å². The van der Waals surface area contributed by atoms with E-state index in [0.29, 0.717) is 23.7 Å². The standard InChI is InChI=1S/C21H31NO3/c1-17-5-3-4-6-18(17)7-8-20(23)22-12-9-21(10-13-22)11-14-25-16-19(21)15-24-2/h3-6,19H,7-16H2,1-2H3/t19-/m1/s1. The van der Waals surface area contributed by atoms with Gasteiger partial charge in [-0.3, -0.25) is 4.79 Å². The molecule has 1 atom stereocenters. The van der Waals surface area contributed by atoms with E-state index in [1.165, 1.54) is 11.1 Å². The average Bonchev–Trinajstić information content (AvgIpc) is 2.64. The van der Waals surface area contributed by atoms with Crippen LogP contribution < -0.4 is 0 Å². The smallest absolute Gasteiger partial charge is 0.222 e. The van der Waals surface area contributed by atoms with Crippen molar-refractivity contribution in [2.24, 2.45) is 11.3 Å². The molecule has 0 N–H and O–H groups in total. The summed E-state index contributed by atoms with van der Waals surface area (Å²) in [7, 11) is 1.77. The van der Waals surface area contributed by atoms with E-state index in [9.17, 15) is 4.79 Å². The van der Waals surface area contributed by atoms with Crippen molar-refractivity contribution in [2.45, 2.75) is 39.0 Å². The third-order valence-corrected chi connectivity index (χ3v) is 6.28. The fourth-order valence-electron chi connectivity index (χ4n) is 4.46. The number of methoxy groups -OCH3 is 1.